The smallest absolute Gasteiger partial charge is 0.290 e. The average molecular weight is 379 g/mol. The minimum Gasteiger partial charge on any atom is -0.298 e. The lowest BCUT2D eigenvalue weighted by atomic mass is 9.95. The predicted molar refractivity (Wildman–Crippen MR) is 105 cm³/mol. The Morgan fingerprint density at radius 1 is 1.04 bits per heavy atom. The van der Waals surface area contributed by atoms with Crippen molar-refractivity contribution in [2.75, 3.05) is 5.43 Å². The van der Waals surface area contributed by atoms with Gasteiger partial charge in [0.2, 0.25) is 0 Å². The molecule has 2 N–H and O–H groups in total. The van der Waals surface area contributed by atoms with Gasteiger partial charge < -0.3 is 0 Å². The number of carbonyl (C=O) groups is 1. The number of rotatable bonds is 4. The topological polar surface area (TPSA) is 59.0 Å². The lowest BCUT2D eigenvalue weighted by Gasteiger charge is -2.14. The zero-order chi connectivity index (χ0) is 18.4. The third-order valence-corrected chi connectivity index (χ3v) is 5.82. The molecule has 2 bridgehead atoms. The van der Waals surface area contributed by atoms with E-state index in [2.05, 4.69) is 10.9 Å². The summed E-state index contributed by atoms with van der Waals surface area (Å²) in [4.78, 5) is 12.9. The van der Waals surface area contributed by atoms with Crippen LogP contribution in [0.3, 0.4) is 0 Å². The van der Waals surface area contributed by atoms with Crippen LogP contribution in [-0.2, 0) is 0 Å². The minimum absolute atomic E-state index is 0.199. The molecule has 2 atom stereocenters. The molecule has 0 spiro atoms. The molecule has 1 amide bonds. The Labute approximate surface area is 162 Å². The lowest BCUT2D eigenvalue weighted by molar-refractivity contribution is 0.0956. The van der Waals surface area contributed by atoms with Gasteiger partial charge in [0.05, 0.1) is 17.1 Å². The van der Waals surface area contributed by atoms with Crippen LogP contribution in [0.4, 0.5) is 5.69 Å². The molecule has 136 valence electrons. The molecule has 0 radical (unpaired) electrons. The van der Waals surface area contributed by atoms with Gasteiger partial charge in [-0.1, -0.05) is 29.8 Å². The SMILES string of the molecule is O=C(NNc1ccccc1)c1nn(-c2ccc(Cl)cc2)c2c1C1CCC2C1. The second-order valence-electron chi connectivity index (χ2n) is 7.19. The molecule has 1 saturated carbocycles. The molecule has 5 nitrogen and oxygen atoms in total. The van der Waals surface area contributed by atoms with Crippen molar-refractivity contribution in [1.29, 1.82) is 0 Å². The van der Waals surface area contributed by atoms with Gasteiger partial charge in [-0.3, -0.25) is 15.6 Å². The summed E-state index contributed by atoms with van der Waals surface area (Å²) < 4.78 is 1.94. The van der Waals surface area contributed by atoms with Crippen molar-refractivity contribution in [3.63, 3.8) is 0 Å². The summed E-state index contributed by atoms with van der Waals surface area (Å²) in [5, 5.41) is 5.40. The number of nitrogens with one attached hydrogen (secondary N) is 2. The largest absolute Gasteiger partial charge is 0.298 e. The van der Waals surface area contributed by atoms with Gasteiger partial charge in [0, 0.05) is 16.5 Å². The maximum Gasteiger partial charge on any atom is 0.290 e. The van der Waals surface area contributed by atoms with Gasteiger partial charge in [-0.15, -0.1) is 0 Å². The first kappa shape index (κ1) is 16.4. The summed E-state index contributed by atoms with van der Waals surface area (Å²) in [6, 6.07) is 17.2. The van der Waals surface area contributed by atoms with Crippen molar-refractivity contribution in [2.45, 2.75) is 31.1 Å². The highest BCUT2D eigenvalue weighted by molar-refractivity contribution is 6.30. The number of carbonyl (C=O) groups excluding carboxylic acids is 1. The molecule has 27 heavy (non-hydrogen) atoms. The quantitative estimate of drug-likeness (QED) is 0.650. The number of halogens is 1. The Hall–Kier alpha value is -2.79. The molecule has 1 aromatic heterocycles. The van der Waals surface area contributed by atoms with Crippen molar-refractivity contribution >= 4 is 23.2 Å². The first-order chi connectivity index (χ1) is 13.2. The summed E-state index contributed by atoms with van der Waals surface area (Å²) in [5.74, 6) is 0.718. The van der Waals surface area contributed by atoms with Crippen molar-refractivity contribution < 1.29 is 4.79 Å². The number of fused-ring (bicyclic) bond motifs is 5. The number of para-hydroxylation sites is 1. The summed E-state index contributed by atoms with van der Waals surface area (Å²) in [7, 11) is 0. The van der Waals surface area contributed by atoms with Gasteiger partial charge in [0.15, 0.2) is 5.69 Å². The average Bonchev–Trinajstić information content (AvgIpc) is 3.40. The van der Waals surface area contributed by atoms with Crippen LogP contribution in [0.2, 0.25) is 5.02 Å². The fourth-order valence-corrected chi connectivity index (χ4v) is 4.51. The molecule has 6 heteroatoms. The molecule has 1 fully saturated rings. The maximum absolute atomic E-state index is 12.9. The molecule has 2 unspecified atom stereocenters. The van der Waals surface area contributed by atoms with Gasteiger partial charge in [-0.2, -0.15) is 5.10 Å². The fraction of sp³-hybridized carbons (Fsp3) is 0.238. The van der Waals surface area contributed by atoms with Gasteiger partial charge in [0.1, 0.15) is 0 Å². The normalized spacial score (nSPS) is 19.7. The molecule has 0 saturated heterocycles. The van der Waals surface area contributed by atoms with Gasteiger partial charge in [-0.25, -0.2) is 4.68 Å². The number of nitrogens with zero attached hydrogens (tertiary/aromatic N) is 2. The van der Waals surface area contributed by atoms with Crippen LogP contribution < -0.4 is 10.9 Å². The summed E-state index contributed by atoms with van der Waals surface area (Å²) in [6.45, 7) is 0. The van der Waals surface area contributed by atoms with Gasteiger partial charge in [0.25, 0.3) is 5.91 Å². The molecular formula is C21H19ClN4O. The molecule has 1 heterocycles. The molecule has 3 aromatic rings. The van der Waals surface area contributed by atoms with Crippen LogP contribution in [0.25, 0.3) is 5.69 Å². The Morgan fingerprint density at radius 3 is 2.56 bits per heavy atom. The number of benzene rings is 2. The first-order valence-electron chi connectivity index (χ1n) is 9.21. The van der Waals surface area contributed by atoms with E-state index in [9.17, 15) is 4.79 Å². The van der Waals surface area contributed by atoms with Crippen molar-refractivity contribution in [1.82, 2.24) is 15.2 Å². The third kappa shape index (κ3) is 2.79. The molecule has 2 aliphatic rings. The van der Waals surface area contributed by atoms with E-state index in [0.29, 0.717) is 22.6 Å². The number of hydrogen-bond acceptors (Lipinski definition) is 3. The number of amides is 1. The van der Waals surface area contributed by atoms with Crippen molar-refractivity contribution in [3.8, 4) is 5.69 Å². The summed E-state index contributed by atoms with van der Waals surface area (Å²) in [5.41, 5.74) is 10.4. The van der Waals surface area contributed by atoms with Crippen LogP contribution in [0.15, 0.2) is 54.6 Å². The van der Waals surface area contributed by atoms with Gasteiger partial charge >= 0.3 is 0 Å². The summed E-state index contributed by atoms with van der Waals surface area (Å²) >= 11 is 6.03. The Bertz CT molecular complexity index is 997. The number of hydrogen-bond donors (Lipinski definition) is 2. The monoisotopic (exact) mass is 378 g/mol. The summed E-state index contributed by atoms with van der Waals surface area (Å²) in [6.07, 6.45) is 3.42. The van der Waals surface area contributed by atoms with Crippen LogP contribution >= 0.6 is 11.6 Å². The van der Waals surface area contributed by atoms with E-state index >= 15 is 0 Å². The number of hydrazine groups is 1. The highest BCUT2D eigenvalue weighted by Crippen LogP contribution is 2.54. The molecule has 2 aliphatic carbocycles. The Kier molecular flexibility index (Phi) is 3.90. The van der Waals surface area contributed by atoms with Crippen LogP contribution in [0, 0.1) is 0 Å². The number of aromatic nitrogens is 2. The Morgan fingerprint density at radius 2 is 1.78 bits per heavy atom. The predicted octanol–water partition coefficient (Wildman–Crippen LogP) is 4.65. The molecular weight excluding hydrogens is 360 g/mol. The number of anilines is 1. The van der Waals surface area contributed by atoms with Crippen LogP contribution in [-0.4, -0.2) is 15.7 Å². The van der Waals surface area contributed by atoms with Crippen LogP contribution in [0.5, 0.6) is 0 Å². The zero-order valence-electron chi connectivity index (χ0n) is 14.7. The maximum atomic E-state index is 12.9. The highest BCUT2D eigenvalue weighted by atomic mass is 35.5. The van der Waals surface area contributed by atoms with E-state index in [1.165, 1.54) is 12.1 Å². The van der Waals surface area contributed by atoms with E-state index in [4.69, 9.17) is 16.7 Å². The lowest BCUT2D eigenvalue weighted by Crippen LogP contribution is -2.30. The fourth-order valence-electron chi connectivity index (χ4n) is 4.39. The van der Waals surface area contributed by atoms with Gasteiger partial charge in [-0.05, 0) is 61.6 Å². The molecule has 0 aliphatic heterocycles. The van der Waals surface area contributed by atoms with E-state index in [-0.39, 0.29) is 5.91 Å². The van der Waals surface area contributed by atoms with Crippen LogP contribution in [0.1, 0.15) is 52.8 Å². The second-order valence-corrected chi connectivity index (χ2v) is 7.62. The highest BCUT2D eigenvalue weighted by Gasteiger charge is 2.44. The van der Waals surface area contributed by atoms with E-state index < -0.39 is 0 Å². The van der Waals surface area contributed by atoms with Crippen molar-refractivity contribution in [2.24, 2.45) is 0 Å². The minimum atomic E-state index is -0.199. The van der Waals surface area contributed by atoms with Crippen molar-refractivity contribution in [3.05, 3.63) is 76.6 Å². The van der Waals surface area contributed by atoms with E-state index in [1.54, 1.807) is 0 Å². The van der Waals surface area contributed by atoms with E-state index in [0.717, 1.165) is 29.8 Å². The molecule has 2 aromatic carbocycles. The molecule has 5 rings (SSSR count). The second kappa shape index (κ2) is 6.43. The first-order valence-corrected chi connectivity index (χ1v) is 9.58. The Balaban J connectivity index is 1.50. The third-order valence-electron chi connectivity index (χ3n) is 5.57. The zero-order valence-corrected chi connectivity index (χ0v) is 15.4. The van der Waals surface area contributed by atoms with E-state index in [1.807, 2.05) is 59.3 Å². The standard InChI is InChI=1S/C21H19ClN4O/c22-15-8-10-17(11-9-15)26-20-14-7-6-13(12-14)18(20)19(25-26)21(27)24-23-16-4-2-1-3-5-16/h1-5,8-11,13-14,23H,6-7,12H2,(H,24,27).